The van der Waals surface area contributed by atoms with Crippen LogP contribution in [0.5, 0.6) is 23.0 Å². The average molecular weight is 493 g/mol. The molecule has 0 amide bonds. The highest BCUT2D eigenvalue weighted by atomic mass is 16.7. The monoisotopic (exact) mass is 492 g/mol. The minimum absolute atomic E-state index is 0.0377. The molecule has 36 heavy (non-hydrogen) atoms. The summed E-state index contributed by atoms with van der Waals surface area (Å²) in [6.07, 6.45) is 0.239. The first-order chi connectivity index (χ1) is 17.8. The van der Waals surface area contributed by atoms with E-state index in [9.17, 15) is 0 Å². The summed E-state index contributed by atoms with van der Waals surface area (Å²) in [5, 5.41) is 2.20. The van der Waals surface area contributed by atoms with Crippen molar-refractivity contribution in [3.05, 3.63) is 60.7 Å². The highest BCUT2D eigenvalue weighted by Gasteiger charge is 2.53. The molecule has 0 bridgehead atoms. The first-order valence-electron chi connectivity index (χ1n) is 12.5. The first-order valence-corrected chi connectivity index (χ1v) is 12.5. The number of hydrogen-bond acceptors (Lipinski definition) is 8. The molecule has 8 heteroatoms. The van der Waals surface area contributed by atoms with Crippen molar-refractivity contribution in [2.24, 2.45) is 0 Å². The van der Waals surface area contributed by atoms with Gasteiger partial charge in [-0.15, -0.1) is 0 Å². The molecule has 4 aliphatic heterocycles. The molecule has 4 saturated heterocycles. The second-order valence-electron chi connectivity index (χ2n) is 9.58. The Morgan fingerprint density at radius 1 is 0.639 bits per heavy atom. The molecule has 0 spiro atoms. The molecule has 188 valence electrons. The third-order valence-electron chi connectivity index (χ3n) is 6.64. The summed E-state index contributed by atoms with van der Waals surface area (Å²) in [6, 6.07) is 19.8. The molecule has 0 saturated carbocycles. The minimum Gasteiger partial charge on any atom is -0.491 e. The summed E-state index contributed by atoms with van der Waals surface area (Å²) in [6.45, 7) is 3.87. The zero-order valence-corrected chi connectivity index (χ0v) is 19.7. The fraction of sp³-hybridized carbons (Fsp3) is 0.429. The van der Waals surface area contributed by atoms with Gasteiger partial charge in [-0.2, -0.15) is 0 Å². The Bertz CT molecular complexity index is 1200. The largest absolute Gasteiger partial charge is 0.491 e. The summed E-state index contributed by atoms with van der Waals surface area (Å²) >= 11 is 0. The fourth-order valence-electron chi connectivity index (χ4n) is 4.22. The van der Waals surface area contributed by atoms with E-state index in [2.05, 4.69) is 12.1 Å². The van der Waals surface area contributed by atoms with Crippen LogP contribution in [0.3, 0.4) is 0 Å². The van der Waals surface area contributed by atoms with E-state index in [-0.39, 0.29) is 36.6 Å². The quantitative estimate of drug-likeness (QED) is 0.336. The third-order valence-corrected chi connectivity index (χ3v) is 6.64. The predicted octanol–water partition coefficient (Wildman–Crippen LogP) is 3.39. The summed E-state index contributed by atoms with van der Waals surface area (Å²) in [4.78, 5) is 0. The lowest BCUT2D eigenvalue weighted by molar-refractivity contribution is 0.125. The van der Waals surface area contributed by atoms with Crippen molar-refractivity contribution in [2.75, 3.05) is 39.6 Å². The molecule has 4 aliphatic rings. The van der Waals surface area contributed by atoms with E-state index in [0.29, 0.717) is 26.4 Å². The number of benzene rings is 3. The van der Waals surface area contributed by atoms with Crippen LogP contribution in [0, 0.1) is 0 Å². The second-order valence-corrected chi connectivity index (χ2v) is 9.58. The van der Waals surface area contributed by atoms with Crippen LogP contribution in [-0.4, -0.2) is 76.3 Å². The van der Waals surface area contributed by atoms with Crippen molar-refractivity contribution in [3.63, 3.8) is 0 Å². The Kier molecular flexibility index (Phi) is 5.82. The van der Waals surface area contributed by atoms with Gasteiger partial charge >= 0.3 is 0 Å². The van der Waals surface area contributed by atoms with Gasteiger partial charge in [0.25, 0.3) is 0 Å². The summed E-state index contributed by atoms with van der Waals surface area (Å²) in [5.41, 5.74) is 0. The zero-order chi connectivity index (χ0) is 23.9. The number of hydrogen-bond donors (Lipinski definition) is 0. The van der Waals surface area contributed by atoms with E-state index in [0.717, 1.165) is 47.0 Å². The van der Waals surface area contributed by atoms with Crippen molar-refractivity contribution in [1.29, 1.82) is 0 Å². The maximum absolute atomic E-state index is 6.24. The number of fused-ring (bicyclic) bond motifs is 1. The average Bonchev–Trinajstić information content (AvgIpc) is 3.74. The van der Waals surface area contributed by atoms with Gasteiger partial charge in [-0.3, -0.25) is 0 Å². The van der Waals surface area contributed by atoms with Gasteiger partial charge in [0.1, 0.15) is 73.3 Å². The number of ether oxygens (including phenoxy) is 8. The molecule has 6 atom stereocenters. The Balaban J connectivity index is 0.932. The molecule has 3 aromatic rings. The third kappa shape index (κ3) is 5.52. The summed E-state index contributed by atoms with van der Waals surface area (Å²) in [5.74, 6) is 3.20. The van der Waals surface area contributed by atoms with Gasteiger partial charge in [-0.05, 0) is 59.3 Å². The zero-order valence-electron chi connectivity index (χ0n) is 19.7. The van der Waals surface area contributed by atoms with E-state index in [4.69, 9.17) is 37.9 Å². The molecule has 4 fully saturated rings. The first kappa shape index (κ1) is 22.2. The molecule has 3 aromatic carbocycles. The van der Waals surface area contributed by atoms with Gasteiger partial charge in [-0.25, -0.2) is 0 Å². The molecule has 4 heterocycles. The predicted molar refractivity (Wildman–Crippen MR) is 129 cm³/mol. The molecular weight excluding hydrogens is 464 g/mol. The lowest BCUT2D eigenvalue weighted by Gasteiger charge is -2.16. The molecule has 0 N–H and O–H groups in total. The van der Waals surface area contributed by atoms with Crippen LogP contribution in [0.15, 0.2) is 60.7 Å². The van der Waals surface area contributed by atoms with Gasteiger partial charge in [0.15, 0.2) is 6.10 Å². The van der Waals surface area contributed by atoms with Gasteiger partial charge in [0.2, 0.25) is 0 Å². The normalized spacial score (nSPS) is 28.3. The molecule has 8 nitrogen and oxygen atoms in total. The molecule has 0 aliphatic carbocycles. The van der Waals surface area contributed by atoms with Crippen LogP contribution < -0.4 is 18.9 Å². The molecular formula is C28H28O8. The van der Waals surface area contributed by atoms with Crippen LogP contribution in [0.1, 0.15) is 0 Å². The minimum atomic E-state index is -0.169. The number of rotatable bonds is 13. The maximum Gasteiger partial charge on any atom is 0.156 e. The fourth-order valence-corrected chi connectivity index (χ4v) is 4.22. The van der Waals surface area contributed by atoms with Crippen LogP contribution >= 0.6 is 0 Å². The Morgan fingerprint density at radius 3 is 1.81 bits per heavy atom. The van der Waals surface area contributed by atoms with Gasteiger partial charge in [0.05, 0.1) is 19.8 Å². The van der Waals surface area contributed by atoms with Crippen molar-refractivity contribution < 1.29 is 37.9 Å². The lowest BCUT2D eigenvalue weighted by atomic mass is 10.1. The van der Waals surface area contributed by atoms with Crippen LogP contribution in [0.4, 0.5) is 0 Å². The van der Waals surface area contributed by atoms with Crippen molar-refractivity contribution in [2.45, 2.75) is 36.6 Å². The lowest BCUT2D eigenvalue weighted by Crippen LogP contribution is -2.31. The smallest absolute Gasteiger partial charge is 0.156 e. The van der Waals surface area contributed by atoms with Crippen molar-refractivity contribution >= 4 is 10.8 Å². The second kappa shape index (κ2) is 9.44. The molecule has 6 unspecified atom stereocenters. The van der Waals surface area contributed by atoms with Crippen molar-refractivity contribution in [1.82, 2.24) is 0 Å². The van der Waals surface area contributed by atoms with E-state index in [1.807, 2.05) is 48.5 Å². The Labute approximate surface area is 208 Å². The Morgan fingerprint density at radius 2 is 1.19 bits per heavy atom. The molecule has 0 aromatic heterocycles. The summed E-state index contributed by atoms with van der Waals surface area (Å²) < 4.78 is 45.7. The van der Waals surface area contributed by atoms with Gasteiger partial charge < -0.3 is 37.9 Å². The van der Waals surface area contributed by atoms with Gasteiger partial charge in [-0.1, -0.05) is 12.1 Å². The standard InChI is InChI=1S/C28H28O8/c1-3-21(30-12-24-14-32-24)9-18-10-22(4-2-17(1)18)33-16-26-28(36-26)27(25-15-34-25)35-20-7-5-19(6-8-20)29-11-23-13-31-23/h1-10,23-28H,11-16H2. The maximum atomic E-state index is 6.24. The topological polar surface area (TPSA) is 87.0 Å². The van der Waals surface area contributed by atoms with E-state index in [1.54, 1.807) is 0 Å². The SMILES string of the molecule is c1cc(OC(C2CO2)C2OC2COc2ccc3ccc(OCC4CO4)cc3c2)ccc1OCC1CO1. The highest BCUT2D eigenvalue weighted by molar-refractivity contribution is 5.85. The van der Waals surface area contributed by atoms with Crippen LogP contribution in [0.2, 0.25) is 0 Å². The van der Waals surface area contributed by atoms with Crippen molar-refractivity contribution in [3.8, 4) is 23.0 Å². The number of epoxide rings is 4. The van der Waals surface area contributed by atoms with Crippen LogP contribution in [0.25, 0.3) is 10.8 Å². The molecule has 0 radical (unpaired) electrons. The Hall–Kier alpha value is -3.04. The van der Waals surface area contributed by atoms with E-state index < -0.39 is 0 Å². The van der Waals surface area contributed by atoms with E-state index >= 15 is 0 Å². The van der Waals surface area contributed by atoms with Crippen LogP contribution in [-0.2, 0) is 18.9 Å². The highest BCUT2D eigenvalue weighted by Crippen LogP contribution is 2.36. The van der Waals surface area contributed by atoms with Gasteiger partial charge in [0, 0.05) is 0 Å². The summed E-state index contributed by atoms with van der Waals surface area (Å²) in [7, 11) is 0. The van der Waals surface area contributed by atoms with E-state index in [1.165, 1.54) is 0 Å². The molecule has 7 rings (SSSR count).